The van der Waals surface area contributed by atoms with Gasteiger partial charge in [-0.15, -0.1) is 11.3 Å². The van der Waals surface area contributed by atoms with Crippen molar-refractivity contribution in [1.29, 1.82) is 0 Å². The molecule has 0 unspecified atom stereocenters. The zero-order chi connectivity index (χ0) is 13.5. The van der Waals surface area contributed by atoms with E-state index in [0.717, 1.165) is 24.3 Å². The molecule has 0 fully saturated rings. The van der Waals surface area contributed by atoms with Crippen LogP contribution in [-0.4, -0.2) is 4.98 Å². The number of nitrogens with zero attached hydrogens (tertiary/aromatic N) is 1. The van der Waals surface area contributed by atoms with Gasteiger partial charge in [-0.2, -0.15) is 0 Å². The molecule has 2 aromatic rings. The maximum atomic E-state index is 5.94. The van der Waals surface area contributed by atoms with Crippen molar-refractivity contribution in [2.75, 3.05) is 0 Å². The fraction of sp³-hybridized carbons (Fsp3) is 0.312. The summed E-state index contributed by atoms with van der Waals surface area (Å²) in [5, 5.41) is 0. The molecule has 0 N–H and O–H groups in total. The van der Waals surface area contributed by atoms with Gasteiger partial charge in [0, 0.05) is 0 Å². The van der Waals surface area contributed by atoms with Crippen LogP contribution in [0.1, 0.15) is 29.5 Å². The average molecular weight is 273 g/mol. The van der Waals surface area contributed by atoms with Crippen LogP contribution in [0.15, 0.2) is 41.9 Å². The first kappa shape index (κ1) is 13.8. The predicted octanol–water partition coefficient (Wildman–Crippen LogP) is 4.54. The maximum absolute atomic E-state index is 5.94. The zero-order valence-corrected chi connectivity index (χ0v) is 12.2. The summed E-state index contributed by atoms with van der Waals surface area (Å²) in [7, 11) is 0. The van der Waals surface area contributed by atoms with Crippen molar-refractivity contribution in [1.82, 2.24) is 4.98 Å². The van der Waals surface area contributed by atoms with Crippen molar-refractivity contribution < 1.29 is 4.74 Å². The summed E-state index contributed by atoms with van der Waals surface area (Å²) in [6.07, 6.45) is 6.34. The SMILES string of the molecule is C/C=C\CCc1ccccc1OCc1scnc1C. The van der Waals surface area contributed by atoms with Gasteiger partial charge in [0.15, 0.2) is 0 Å². The van der Waals surface area contributed by atoms with Crippen LogP contribution in [0, 0.1) is 6.92 Å². The molecular weight excluding hydrogens is 254 g/mol. The minimum Gasteiger partial charge on any atom is -0.488 e. The summed E-state index contributed by atoms with van der Waals surface area (Å²) in [5.74, 6) is 0.986. The highest BCUT2D eigenvalue weighted by Crippen LogP contribution is 2.22. The lowest BCUT2D eigenvalue weighted by Crippen LogP contribution is -1.98. The molecule has 3 heteroatoms. The molecule has 19 heavy (non-hydrogen) atoms. The molecular formula is C16H19NOS. The number of hydrogen-bond donors (Lipinski definition) is 0. The minimum atomic E-state index is 0.608. The molecule has 0 aliphatic carbocycles. The number of thiazole rings is 1. The van der Waals surface area contributed by atoms with Crippen LogP contribution in [0.25, 0.3) is 0 Å². The number of allylic oxidation sites excluding steroid dienone is 2. The van der Waals surface area contributed by atoms with Gasteiger partial charge in [0.2, 0.25) is 0 Å². The lowest BCUT2D eigenvalue weighted by molar-refractivity contribution is 0.305. The summed E-state index contributed by atoms with van der Waals surface area (Å²) in [6.45, 7) is 4.68. The standard InChI is InChI=1S/C16H19NOS/c1-3-4-5-8-14-9-6-7-10-15(14)18-11-16-13(2)17-12-19-16/h3-4,6-7,9-10,12H,5,8,11H2,1-2H3/b4-3-. The summed E-state index contributed by atoms with van der Waals surface area (Å²) < 4.78 is 5.94. The lowest BCUT2D eigenvalue weighted by atomic mass is 10.1. The van der Waals surface area contributed by atoms with Crippen molar-refractivity contribution in [3.63, 3.8) is 0 Å². The average Bonchev–Trinajstić information content (AvgIpc) is 2.83. The van der Waals surface area contributed by atoms with Gasteiger partial charge in [0.25, 0.3) is 0 Å². The smallest absolute Gasteiger partial charge is 0.124 e. The Morgan fingerprint density at radius 3 is 2.89 bits per heavy atom. The number of para-hydroxylation sites is 1. The third kappa shape index (κ3) is 3.93. The number of aromatic nitrogens is 1. The van der Waals surface area contributed by atoms with Crippen LogP contribution in [0.5, 0.6) is 5.75 Å². The molecule has 0 aliphatic rings. The van der Waals surface area contributed by atoms with Crippen LogP contribution >= 0.6 is 11.3 Å². The van der Waals surface area contributed by atoms with Gasteiger partial charge >= 0.3 is 0 Å². The first-order valence-corrected chi connectivity index (χ1v) is 7.40. The van der Waals surface area contributed by atoms with E-state index in [1.807, 2.05) is 24.6 Å². The van der Waals surface area contributed by atoms with E-state index in [4.69, 9.17) is 4.74 Å². The van der Waals surface area contributed by atoms with Crippen molar-refractivity contribution in [2.45, 2.75) is 33.3 Å². The normalized spacial score (nSPS) is 11.1. The third-order valence-corrected chi connectivity index (χ3v) is 3.90. The highest BCUT2D eigenvalue weighted by molar-refractivity contribution is 7.09. The Bertz CT molecular complexity index is 545. The van der Waals surface area contributed by atoms with Gasteiger partial charge in [-0.3, -0.25) is 0 Å². The molecule has 0 bridgehead atoms. The molecule has 0 saturated carbocycles. The largest absolute Gasteiger partial charge is 0.488 e. The molecule has 100 valence electrons. The Hall–Kier alpha value is -1.61. The molecule has 2 rings (SSSR count). The van der Waals surface area contributed by atoms with E-state index in [0.29, 0.717) is 6.61 Å². The Labute approximate surface area is 118 Å². The van der Waals surface area contributed by atoms with Crippen LogP contribution < -0.4 is 4.74 Å². The van der Waals surface area contributed by atoms with Crippen molar-refractivity contribution in [2.24, 2.45) is 0 Å². The van der Waals surface area contributed by atoms with Gasteiger partial charge in [0.1, 0.15) is 12.4 Å². The van der Waals surface area contributed by atoms with Crippen LogP contribution in [0.3, 0.4) is 0 Å². The maximum Gasteiger partial charge on any atom is 0.124 e. The summed E-state index contributed by atoms with van der Waals surface area (Å²) in [4.78, 5) is 5.44. The molecule has 0 spiro atoms. The van der Waals surface area contributed by atoms with Gasteiger partial charge in [0.05, 0.1) is 16.1 Å². The van der Waals surface area contributed by atoms with Crippen LogP contribution in [0.2, 0.25) is 0 Å². The quantitative estimate of drug-likeness (QED) is 0.721. The first-order valence-electron chi connectivity index (χ1n) is 6.52. The lowest BCUT2D eigenvalue weighted by Gasteiger charge is -2.10. The summed E-state index contributed by atoms with van der Waals surface area (Å²) in [5.41, 5.74) is 4.20. The van der Waals surface area contributed by atoms with E-state index in [1.54, 1.807) is 11.3 Å². The summed E-state index contributed by atoms with van der Waals surface area (Å²) in [6, 6.07) is 8.27. The Kier molecular flexibility index (Phi) is 5.16. The first-order chi connectivity index (χ1) is 9.31. The van der Waals surface area contributed by atoms with Gasteiger partial charge in [-0.05, 0) is 38.3 Å². The van der Waals surface area contributed by atoms with E-state index in [-0.39, 0.29) is 0 Å². The highest BCUT2D eigenvalue weighted by Gasteiger charge is 2.05. The number of ether oxygens (including phenoxy) is 1. The van der Waals surface area contributed by atoms with Crippen LogP contribution in [0.4, 0.5) is 0 Å². The second-order valence-electron chi connectivity index (χ2n) is 4.37. The van der Waals surface area contributed by atoms with Crippen molar-refractivity contribution in [3.8, 4) is 5.75 Å². The number of rotatable bonds is 6. The molecule has 0 saturated heterocycles. The third-order valence-electron chi connectivity index (χ3n) is 2.99. The molecule has 1 aromatic carbocycles. The monoisotopic (exact) mass is 273 g/mol. The molecule has 1 heterocycles. The molecule has 0 aliphatic heterocycles. The molecule has 0 radical (unpaired) electrons. The predicted molar refractivity (Wildman–Crippen MR) is 80.8 cm³/mol. The van der Waals surface area contributed by atoms with Gasteiger partial charge < -0.3 is 4.74 Å². The van der Waals surface area contributed by atoms with E-state index >= 15 is 0 Å². The summed E-state index contributed by atoms with van der Waals surface area (Å²) >= 11 is 1.65. The number of benzene rings is 1. The zero-order valence-electron chi connectivity index (χ0n) is 11.4. The van der Waals surface area contributed by atoms with E-state index < -0.39 is 0 Å². The van der Waals surface area contributed by atoms with Gasteiger partial charge in [-0.1, -0.05) is 30.4 Å². The van der Waals surface area contributed by atoms with Gasteiger partial charge in [-0.25, -0.2) is 4.98 Å². The van der Waals surface area contributed by atoms with E-state index in [1.165, 1.54) is 10.4 Å². The molecule has 2 nitrogen and oxygen atoms in total. The van der Waals surface area contributed by atoms with E-state index in [2.05, 4.69) is 36.2 Å². The Morgan fingerprint density at radius 2 is 2.16 bits per heavy atom. The fourth-order valence-electron chi connectivity index (χ4n) is 1.86. The van der Waals surface area contributed by atoms with E-state index in [9.17, 15) is 0 Å². The molecule has 0 amide bonds. The van der Waals surface area contributed by atoms with Crippen LogP contribution in [-0.2, 0) is 13.0 Å². The van der Waals surface area contributed by atoms with Crippen molar-refractivity contribution >= 4 is 11.3 Å². The fourth-order valence-corrected chi connectivity index (χ4v) is 2.55. The highest BCUT2D eigenvalue weighted by atomic mass is 32.1. The second-order valence-corrected chi connectivity index (χ2v) is 5.30. The second kappa shape index (κ2) is 7.10. The Morgan fingerprint density at radius 1 is 1.32 bits per heavy atom. The minimum absolute atomic E-state index is 0.608. The number of hydrogen-bond acceptors (Lipinski definition) is 3. The topological polar surface area (TPSA) is 22.1 Å². The number of aryl methyl sites for hydroxylation is 2. The molecule has 1 aromatic heterocycles. The van der Waals surface area contributed by atoms with Crippen molar-refractivity contribution in [3.05, 3.63) is 58.1 Å². The Balaban J connectivity index is 2.01. The molecule has 0 atom stereocenters.